The predicted molar refractivity (Wildman–Crippen MR) is 67.7 cm³/mol. The number of amides is 1. The fourth-order valence-corrected chi connectivity index (χ4v) is 2.47. The van der Waals surface area contributed by atoms with Gasteiger partial charge < -0.3 is 20.4 Å². The van der Waals surface area contributed by atoms with Gasteiger partial charge in [0.05, 0.1) is 0 Å². The Bertz CT molecular complexity index is 293. The minimum atomic E-state index is -4.21. The third-order valence-corrected chi connectivity index (χ3v) is 3.82. The first kappa shape index (κ1) is 20.8. The second-order valence-electron chi connectivity index (χ2n) is 4.60. The van der Waals surface area contributed by atoms with Gasteiger partial charge in [-0.3, -0.25) is 9.36 Å². The molecule has 102 valence electrons. The van der Waals surface area contributed by atoms with E-state index in [-0.39, 0.29) is 36.1 Å². The summed E-state index contributed by atoms with van der Waals surface area (Å²) in [4.78, 5) is 30.2. The Morgan fingerprint density at radius 1 is 1.39 bits per heavy atom. The van der Waals surface area contributed by atoms with Crippen molar-refractivity contribution in [3.63, 3.8) is 0 Å². The van der Waals surface area contributed by atoms with E-state index in [1.807, 2.05) is 20.8 Å². The van der Waals surface area contributed by atoms with Gasteiger partial charge in [-0.2, -0.15) is 0 Å². The number of carbonyl (C=O) groups is 1. The summed E-state index contributed by atoms with van der Waals surface area (Å²) in [5, 5.41) is 5.74. The van der Waals surface area contributed by atoms with Crippen molar-refractivity contribution in [2.24, 2.45) is 0 Å². The number of hydrogen-bond acceptors (Lipinski definition) is 5. The Morgan fingerprint density at radius 3 is 2.39 bits per heavy atom. The summed E-state index contributed by atoms with van der Waals surface area (Å²) in [6, 6.07) is 0. The van der Waals surface area contributed by atoms with Crippen molar-refractivity contribution in [1.29, 1.82) is 0 Å². The van der Waals surface area contributed by atoms with Gasteiger partial charge in [0.1, 0.15) is 0 Å². The molecular formula is C9H20LiN2O4PS. The molecule has 1 unspecified atom stereocenters. The molecule has 0 aromatic heterocycles. The zero-order valence-corrected chi connectivity index (χ0v) is 13.1. The van der Waals surface area contributed by atoms with Gasteiger partial charge in [-0.1, -0.05) is 11.4 Å². The summed E-state index contributed by atoms with van der Waals surface area (Å²) in [6.45, 7) is 2.41. The van der Waals surface area contributed by atoms with E-state index in [1.54, 1.807) is 0 Å². The topological polar surface area (TPSA) is 101 Å². The molecule has 0 saturated carbocycles. The van der Waals surface area contributed by atoms with Crippen LogP contribution in [0.25, 0.3) is 0 Å². The SMILES string of the molecule is CC(C)(C)NC(=O)CCNCCSP(=O)([O-])O.[Li+]. The molecule has 0 bridgehead atoms. The number of nitrogens with one attached hydrogen (secondary N) is 2. The average molecular weight is 290 g/mol. The standard InChI is InChI=1S/C9H21N2O4PS.Li/c1-9(2,3)11-8(12)4-5-10-6-7-17-16(13,14)15;/h10H,4-7H2,1-3H3,(H,11,12)(H2,13,14,15);/q;+1/p-1. The van der Waals surface area contributed by atoms with Crippen molar-refractivity contribution >= 4 is 24.1 Å². The van der Waals surface area contributed by atoms with Gasteiger partial charge in [0.2, 0.25) is 5.91 Å². The van der Waals surface area contributed by atoms with E-state index in [0.717, 1.165) is 0 Å². The monoisotopic (exact) mass is 290 g/mol. The normalized spacial score (nSPS) is 14.5. The van der Waals surface area contributed by atoms with E-state index >= 15 is 0 Å². The molecule has 3 N–H and O–H groups in total. The van der Waals surface area contributed by atoms with Crippen LogP contribution in [-0.2, 0) is 9.36 Å². The molecule has 1 amide bonds. The molecule has 0 aliphatic carbocycles. The van der Waals surface area contributed by atoms with E-state index in [2.05, 4.69) is 10.6 Å². The molecule has 1 atom stereocenters. The van der Waals surface area contributed by atoms with Crippen LogP contribution >= 0.6 is 18.2 Å². The van der Waals surface area contributed by atoms with Crippen LogP contribution < -0.4 is 34.4 Å². The Labute approximate surface area is 124 Å². The van der Waals surface area contributed by atoms with Gasteiger partial charge in [0.15, 0.2) is 6.80 Å². The van der Waals surface area contributed by atoms with Crippen LogP contribution in [0.15, 0.2) is 0 Å². The smallest absolute Gasteiger partial charge is 0.770 e. The van der Waals surface area contributed by atoms with Crippen molar-refractivity contribution in [2.75, 3.05) is 18.8 Å². The Kier molecular flexibility index (Phi) is 10.9. The fraction of sp³-hybridized carbons (Fsp3) is 0.889. The summed E-state index contributed by atoms with van der Waals surface area (Å²) in [7, 11) is 0. The fourth-order valence-electron chi connectivity index (χ4n) is 1.04. The zero-order valence-electron chi connectivity index (χ0n) is 11.4. The molecular weight excluding hydrogens is 270 g/mol. The van der Waals surface area contributed by atoms with E-state index < -0.39 is 6.80 Å². The van der Waals surface area contributed by atoms with Crippen LogP contribution in [0.5, 0.6) is 0 Å². The molecule has 0 spiro atoms. The summed E-state index contributed by atoms with van der Waals surface area (Å²) in [6.07, 6.45) is 0.343. The quantitative estimate of drug-likeness (QED) is 0.264. The minimum Gasteiger partial charge on any atom is -0.770 e. The maximum Gasteiger partial charge on any atom is 1.00 e. The van der Waals surface area contributed by atoms with Crippen LogP contribution in [0.4, 0.5) is 0 Å². The zero-order chi connectivity index (χ0) is 13.5. The van der Waals surface area contributed by atoms with Gasteiger partial charge >= 0.3 is 18.9 Å². The van der Waals surface area contributed by atoms with Crippen LogP contribution in [-0.4, -0.2) is 35.2 Å². The molecule has 0 aromatic carbocycles. The maximum atomic E-state index is 11.4. The Morgan fingerprint density at radius 2 is 1.94 bits per heavy atom. The van der Waals surface area contributed by atoms with Gasteiger partial charge in [0, 0.05) is 30.8 Å². The van der Waals surface area contributed by atoms with Gasteiger partial charge in [0.25, 0.3) is 0 Å². The maximum absolute atomic E-state index is 11.4. The van der Waals surface area contributed by atoms with Gasteiger partial charge in [-0.05, 0) is 20.8 Å². The summed E-state index contributed by atoms with van der Waals surface area (Å²) in [5.41, 5.74) is -0.237. The average Bonchev–Trinajstić information content (AvgIpc) is 2.06. The molecule has 0 fully saturated rings. The first-order chi connectivity index (χ1) is 7.60. The molecule has 0 heterocycles. The summed E-state index contributed by atoms with van der Waals surface area (Å²) in [5.74, 6) is 0.215. The van der Waals surface area contributed by atoms with E-state index in [9.17, 15) is 14.3 Å². The Hall–Kier alpha value is 0.527. The second kappa shape index (κ2) is 9.43. The number of carbonyl (C=O) groups excluding carboxylic acids is 1. The molecule has 0 radical (unpaired) electrons. The first-order valence-electron chi connectivity index (χ1n) is 5.30. The van der Waals surface area contributed by atoms with E-state index in [1.165, 1.54) is 0 Å². The van der Waals surface area contributed by atoms with Gasteiger partial charge in [-0.25, -0.2) is 0 Å². The largest absolute Gasteiger partial charge is 1.00 e. The second-order valence-corrected chi connectivity index (χ2v) is 8.36. The Balaban J connectivity index is 0. The van der Waals surface area contributed by atoms with Crippen molar-refractivity contribution < 1.29 is 38.0 Å². The molecule has 0 rings (SSSR count). The van der Waals surface area contributed by atoms with E-state index in [0.29, 0.717) is 30.9 Å². The molecule has 0 aromatic rings. The molecule has 0 aliphatic heterocycles. The molecule has 9 heteroatoms. The summed E-state index contributed by atoms with van der Waals surface area (Å²) >= 11 is 0.495. The summed E-state index contributed by atoms with van der Waals surface area (Å²) < 4.78 is 10.4. The molecule has 0 saturated heterocycles. The van der Waals surface area contributed by atoms with Crippen molar-refractivity contribution in [1.82, 2.24) is 10.6 Å². The molecule has 6 nitrogen and oxygen atoms in total. The van der Waals surface area contributed by atoms with Crippen LogP contribution in [0.2, 0.25) is 0 Å². The third kappa shape index (κ3) is 16.5. The van der Waals surface area contributed by atoms with E-state index in [4.69, 9.17) is 4.89 Å². The van der Waals surface area contributed by atoms with Crippen LogP contribution in [0, 0.1) is 0 Å². The van der Waals surface area contributed by atoms with Crippen LogP contribution in [0.3, 0.4) is 0 Å². The van der Waals surface area contributed by atoms with Gasteiger partial charge in [-0.15, -0.1) is 0 Å². The molecule has 0 aliphatic rings. The third-order valence-electron chi connectivity index (χ3n) is 1.58. The van der Waals surface area contributed by atoms with Crippen molar-refractivity contribution in [2.45, 2.75) is 32.7 Å². The van der Waals surface area contributed by atoms with Crippen molar-refractivity contribution in [3.05, 3.63) is 0 Å². The number of rotatable bonds is 7. The molecule has 18 heavy (non-hydrogen) atoms. The first-order valence-corrected chi connectivity index (χ1v) is 8.47. The van der Waals surface area contributed by atoms with Crippen molar-refractivity contribution in [3.8, 4) is 0 Å². The predicted octanol–water partition coefficient (Wildman–Crippen LogP) is -2.92. The number of hydrogen-bond donors (Lipinski definition) is 3. The minimum absolute atomic E-state index is 0. The van der Waals surface area contributed by atoms with Crippen LogP contribution in [0.1, 0.15) is 27.2 Å².